The third-order valence-corrected chi connectivity index (χ3v) is 2.67. The van der Waals surface area contributed by atoms with Crippen LogP contribution in [-0.4, -0.2) is 24.1 Å². The van der Waals surface area contributed by atoms with Crippen molar-refractivity contribution in [3.63, 3.8) is 0 Å². The number of urea groups is 1. The topological polar surface area (TPSA) is 80.0 Å². The fourth-order valence-corrected chi connectivity index (χ4v) is 1.66. The predicted octanol–water partition coefficient (Wildman–Crippen LogP) is 0.840. The standard InChI is InChI=1S/C8H14N4OS/c1-5-6(2)14-8(11-5)12-7(13)10-4-3-9/h3-4,9H2,1-2H3,(H2,10,11,12,13). The number of nitrogens with two attached hydrogens (primary N) is 1. The molecule has 14 heavy (non-hydrogen) atoms. The maximum atomic E-state index is 11.2. The number of aryl methyl sites for hydroxylation is 2. The number of hydrogen-bond donors (Lipinski definition) is 3. The lowest BCUT2D eigenvalue weighted by atomic mass is 10.4. The Morgan fingerprint density at radius 2 is 2.29 bits per heavy atom. The minimum atomic E-state index is -0.260. The van der Waals surface area contributed by atoms with E-state index < -0.39 is 0 Å². The van der Waals surface area contributed by atoms with E-state index in [0.29, 0.717) is 18.2 Å². The van der Waals surface area contributed by atoms with Crippen LogP contribution in [0.25, 0.3) is 0 Å². The van der Waals surface area contributed by atoms with Crippen LogP contribution in [0.15, 0.2) is 0 Å². The number of nitrogens with one attached hydrogen (secondary N) is 2. The van der Waals surface area contributed by atoms with Gasteiger partial charge in [-0.1, -0.05) is 0 Å². The van der Waals surface area contributed by atoms with Gasteiger partial charge in [0.15, 0.2) is 5.13 Å². The average Bonchev–Trinajstić information content (AvgIpc) is 2.42. The van der Waals surface area contributed by atoms with Crippen molar-refractivity contribution < 1.29 is 4.79 Å². The smallest absolute Gasteiger partial charge is 0.321 e. The van der Waals surface area contributed by atoms with Gasteiger partial charge in [0.2, 0.25) is 0 Å². The Balaban J connectivity index is 2.48. The summed E-state index contributed by atoms with van der Waals surface area (Å²) < 4.78 is 0. The van der Waals surface area contributed by atoms with Gasteiger partial charge >= 0.3 is 6.03 Å². The Hall–Kier alpha value is -1.14. The molecular weight excluding hydrogens is 200 g/mol. The summed E-state index contributed by atoms with van der Waals surface area (Å²) in [7, 11) is 0. The molecule has 0 fully saturated rings. The zero-order valence-corrected chi connectivity index (χ0v) is 9.07. The van der Waals surface area contributed by atoms with Crippen molar-refractivity contribution in [2.45, 2.75) is 13.8 Å². The van der Waals surface area contributed by atoms with E-state index in [1.165, 1.54) is 11.3 Å². The third-order valence-electron chi connectivity index (χ3n) is 1.68. The Morgan fingerprint density at radius 1 is 1.57 bits per heavy atom. The van der Waals surface area contributed by atoms with E-state index in [2.05, 4.69) is 15.6 Å². The molecular formula is C8H14N4OS. The lowest BCUT2D eigenvalue weighted by Gasteiger charge is -2.02. The van der Waals surface area contributed by atoms with Crippen LogP contribution in [0.1, 0.15) is 10.6 Å². The van der Waals surface area contributed by atoms with Crippen LogP contribution in [0.5, 0.6) is 0 Å². The summed E-state index contributed by atoms with van der Waals surface area (Å²) in [5.74, 6) is 0. The van der Waals surface area contributed by atoms with E-state index in [4.69, 9.17) is 5.73 Å². The summed E-state index contributed by atoms with van der Waals surface area (Å²) in [6.45, 7) is 4.78. The first-order chi connectivity index (χ1) is 6.63. The lowest BCUT2D eigenvalue weighted by Crippen LogP contribution is -2.32. The number of rotatable bonds is 3. The highest BCUT2D eigenvalue weighted by Gasteiger charge is 2.06. The number of thiazole rings is 1. The van der Waals surface area contributed by atoms with Crippen molar-refractivity contribution in [2.75, 3.05) is 18.4 Å². The van der Waals surface area contributed by atoms with Crippen LogP contribution in [0.2, 0.25) is 0 Å². The predicted molar refractivity (Wildman–Crippen MR) is 57.7 cm³/mol. The molecule has 0 spiro atoms. The lowest BCUT2D eigenvalue weighted by molar-refractivity contribution is 0.252. The molecule has 1 heterocycles. The molecule has 1 aromatic rings. The molecule has 0 bridgehead atoms. The number of nitrogens with zero attached hydrogens (tertiary/aromatic N) is 1. The fraction of sp³-hybridized carbons (Fsp3) is 0.500. The van der Waals surface area contributed by atoms with E-state index in [1.54, 1.807) is 0 Å². The maximum absolute atomic E-state index is 11.2. The molecule has 0 saturated carbocycles. The molecule has 1 rings (SSSR count). The molecule has 0 radical (unpaired) electrons. The molecule has 0 aliphatic carbocycles. The maximum Gasteiger partial charge on any atom is 0.321 e. The van der Waals surface area contributed by atoms with Gasteiger partial charge in [0.05, 0.1) is 5.69 Å². The summed E-state index contributed by atoms with van der Waals surface area (Å²) in [6.07, 6.45) is 0. The van der Waals surface area contributed by atoms with Gasteiger partial charge in [0.1, 0.15) is 0 Å². The number of aromatic nitrogens is 1. The summed E-state index contributed by atoms with van der Waals surface area (Å²) in [5, 5.41) is 5.86. The van der Waals surface area contributed by atoms with E-state index in [0.717, 1.165) is 10.6 Å². The summed E-state index contributed by atoms with van der Waals surface area (Å²) in [5.41, 5.74) is 6.19. The number of carbonyl (C=O) groups is 1. The van der Waals surface area contributed by atoms with E-state index in [9.17, 15) is 4.79 Å². The monoisotopic (exact) mass is 214 g/mol. The molecule has 4 N–H and O–H groups in total. The normalized spacial score (nSPS) is 9.93. The van der Waals surface area contributed by atoms with Gasteiger partial charge < -0.3 is 11.1 Å². The van der Waals surface area contributed by atoms with Crippen LogP contribution in [0.4, 0.5) is 9.93 Å². The highest BCUT2D eigenvalue weighted by Crippen LogP contribution is 2.20. The van der Waals surface area contributed by atoms with Gasteiger partial charge in [-0.25, -0.2) is 9.78 Å². The zero-order chi connectivity index (χ0) is 10.6. The fourth-order valence-electron chi connectivity index (χ4n) is 0.853. The molecule has 78 valence electrons. The van der Waals surface area contributed by atoms with Crippen LogP contribution in [-0.2, 0) is 0 Å². The second kappa shape index (κ2) is 4.92. The van der Waals surface area contributed by atoms with E-state index in [-0.39, 0.29) is 6.03 Å². The highest BCUT2D eigenvalue weighted by atomic mass is 32.1. The molecule has 0 saturated heterocycles. The van der Waals surface area contributed by atoms with Gasteiger partial charge in [0.25, 0.3) is 0 Å². The van der Waals surface area contributed by atoms with Gasteiger partial charge in [-0.15, -0.1) is 11.3 Å². The minimum Gasteiger partial charge on any atom is -0.337 e. The van der Waals surface area contributed by atoms with Crippen molar-refractivity contribution in [1.29, 1.82) is 0 Å². The quantitative estimate of drug-likeness (QED) is 0.697. The van der Waals surface area contributed by atoms with Crippen LogP contribution < -0.4 is 16.4 Å². The molecule has 0 atom stereocenters. The average molecular weight is 214 g/mol. The first-order valence-electron chi connectivity index (χ1n) is 4.32. The highest BCUT2D eigenvalue weighted by molar-refractivity contribution is 7.15. The number of hydrogen-bond acceptors (Lipinski definition) is 4. The van der Waals surface area contributed by atoms with Crippen molar-refractivity contribution in [1.82, 2.24) is 10.3 Å². The second-order valence-electron chi connectivity index (χ2n) is 2.83. The largest absolute Gasteiger partial charge is 0.337 e. The van der Waals surface area contributed by atoms with Gasteiger partial charge in [-0.2, -0.15) is 0 Å². The summed E-state index contributed by atoms with van der Waals surface area (Å²) in [6, 6.07) is -0.260. The zero-order valence-electron chi connectivity index (χ0n) is 8.26. The molecule has 5 nitrogen and oxygen atoms in total. The van der Waals surface area contributed by atoms with Crippen molar-refractivity contribution in [3.8, 4) is 0 Å². The first-order valence-corrected chi connectivity index (χ1v) is 5.14. The third kappa shape index (κ3) is 2.97. The molecule has 0 aliphatic heterocycles. The van der Waals surface area contributed by atoms with Crippen molar-refractivity contribution in [3.05, 3.63) is 10.6 Å². The Bertz CT molecular complexity index is 304. The van der Waals surface area contributed by atoms with Gasteiger partial charge in [-0.3, -0.25) is 5.32 Å². The first kappa shape index (κ1) is 10.9. The van der Waals surface area contributed by atoms with Crippen LogP contribution >= 0.6 is 11.3 Å². The Morgan fingerprint density at radius 3 is 2.79 bits per heavy atom. The van der Waals surface area contributed by atoms with E-state index in [1.807, 2.05) is 13.8 Å². The van der Waals surface area contributed by atoms with Crippen molar-refractivity contribution in [2.24, 2.45) is 5.73 Å². The molecule has 1 aromatic heterocycles. The van der Waals surface area contributed by atoms with Crippen molar-refractivity contribution >= 4 is 22.5 Å². The minimum absolute atomic E-state index is 0.260. The number of anilines is 1. The molecule has 6 heteroatoms. The van der Waals surface area contributed by atoms with Gasteiger partial charge in [-0.05, 0) is 13.8 Å². The molecule has 0 aliphatic rings. The molecule has 0 aromatic carbocycles. The van der Waals surface area contributed by atoms with Gasteiger partial charge in [0, 0.05) is 18.0 Å². The molecule has 2 amide bonds. The second-order valence-corrected chi connectivity index (χ2v) is 4.03. The van der Waals surface area contributed by atoms with E-state index >= 15 is 0 Å². The summed E-state index contributed by atoms with van der Waals surface area (Å²) in [4.78, 5) is 16.5. The summed E-state index contributed by atoms with van der Waals surface area (Å²) >= 11 is 1.46. The number of amides is 2. The molecule has 0 unspecified atom stereocenters. The number of carbonyl (C=O) groups excluding carboxylic acids is 1. The Labute approximate surface area is 86.7 Å². The van der Waals surface area contributed by atoms with Crippen LogP contribution in [0.3, 0.4) is 0 Å². The Kier molecular flexibility index (Phi) is 3.84. The SMILES string of the molecule is Cc1nc(NC(=O)NCCN)sc1C. The van der Waals surface area contributed by atoms with Crippen LogP contribution in [0, 0.1) is 13.8 Å².